The summed E-state index contributed by atoms with van der Waals surface area (Å²) in [6.45, 7) is 4.45. The highest BCUT2D eigenvalue weighted by Gasteiger charge is 2.24. The Morgan fingerprint density at radius 3 is 3.00 bits per heavy atom. The van der Waals surface area contributed by atoms with Gasteiger partial charge in [-0.3, -0.25) is 4.79 Å². The van der Waals surface area contributed by atoms with Gasteiger partial charge in [0.25, 0.3) is 0 Å². The molecule has 0 bridgehead atoms. The quantitative estimate of drug-likeness (QED) is 0.662. The van der Waals surface area contributed by atoms with Crippen LogP contribution >= 0.6 is 0 Å². The highest BCUT2D eigenvalue weighted by molar-refractivity contribution is 6.32. The molecule has 5 nitrogen and oxygen atoms in total. The maximum atomic E-state index is 11.8. The number of nitrogens with one attached hydrogen (secondary N) is 1. The van der Waals surface area contributed by atoms with E-state index >= 15 is 0 Å². The Labute approximate surface area is 118 Å². The van der Waals surface area contributed by atoms with E-state index in [2.05, 4.69) is 5.32 Å². The maximum absolute atomic E-state index is 11.8. The summed E-state index contributed by atoms with van der Waals surface area (Å²) in [6, 6.07) is 5.63. The largest absolute Gasteiger partial charge is 0.493 e. The fraction of sp³-hybridized carbons (Fsp3) is 0.467. The Morgan fingerprint density at radius 2 is 2.25 bits per heavy atom. The van der Waals surface area contributed by atoms with Crippen LogP contribution < -0.4 is 10.1 Å². The molecule has 0 saturated carbocycles. The zero-order chi connectivity index (χ0) is 14.5. The van der Waals surface area contributed by atoms with E-state index in [0.29, 0.717) is 6.61 Å². The van der Waals surface area contributed by atoms with Gasteiger partial charge in [-0.25, -0.2) is 4.79 Å². The van der Waals surface area contributed by atoms with Crippen molar-refractivity contribution in [2.45, 2.75) is 32.7 Å². The molecule has 1 aliphatic heterocycles. The first-order chi connectivity index (χ1) is 9.61. The van der Waals surface area contributed by atoms with Crippen LogP contribution in [0.15, 0.2) is 18.2 Å². The van der Waals surface area contributed by atoms with E-state index in [1.54, 1.807) is 6.92 Å². The van der Waals surface area contributed by atoms with Crippen molar-refractivity contribution in [1.82, 2.24) is 5.32 Å². The second-order valence-electron chi connectivity index (χ2n) is 4.78. The summed E-state index contributed by atoms with van der Waals surface area (Å²) in [5.41, 5.74) is 2.00. The summed E-state index contributed by atoms with van der Waals surface area (Å²) in [4.78, 5) is 23.2. The van der Waals surface area contributed by atoms with Crippen molar-refractivity contribution in [2.75, 3.05) is 13.2 Å². The average molecular weight is 277 g/mol. The monoisotopic (exact) mass is 277 g/mol. The number of esters is 1. The lowest BCUT2D eigenvalue weighted by Crippen LogP contribution is -2.35. The zero-order valence-electron chi connectivity index (χ0n) is 11.8. The van der Waals surface area contributed by atoms with Gasteiger partial charge in [-0.1, -0.05) is 17.7 Å². The molecule has 1 amide bonds. The molecule has 1 aliphatic rings. The molecule has 1 heterocycles. The van der Waals surface area contributed by atoms with Crippen molar-refractivity contribution in [2.24, 2.45) is 0 Å². The molecule has 2 rings (SSSR count). The van der Waals surface area contributed by atoms with Gasteiger partial charge in [-0.2, -0.15) is 0 Å². The molecule has 0 aliphatic carbocycles. The molecule has 0 radical (unpaired) electrons. The highest BCUT2D eigenvalue weighted by Crippen LogP contribution is 2.32. The lowest BCUT2D eigenvalue weighted by Gasteiger charge is -2.18. The SMILES string of the molecule is CCOC(=O)C(=O)NC1CCCOc2ccc(C)cc21. The van der Waals surface area contributed by atoms with Crippen LogP contribution in [0, 0.1) is 6.92 Å². The Bertz CT molecular complexity index is 513. The van der Waals surface area contributed by atoms with Crippen LogP contribution in [0.25, 0.3) is 0 Å². The summed E-state index contributed by atoms with van der Waals surface area (Å²) < 4.78 is 10.4. The minimum absolute atomic E-state index is 0.190. The van der Waals surface area contributed by atoms with Crippen molar-refractivity contribution < 1.29 is 19.1 Å². The predicted octanol–water partition coefficient (Wildman–Crippen LogP) is 1.89. The molecule has 0 aromatic heterocycles. The average Bonchev–Trinajstić information content (AvgIpc) is 2.61. The lowest BCUT2D eigenvalue weighted by molar-refractivity contribution is -0.154. The third-order valence-corrected chi connectivity index (χ3v) is 3.20. The van der Waals surface area contributed by atoms with Crippen molar-refractivity contribution in [3.63, 3.8) is 0 Å². The molecule has 1 unspecified atom stereocenters. The number of fused-ring (bicyclic) bond motifs is 1. The van der Waals surface area contributed by atoms with E-state index in [1.807, 2.05) is 25.1 Å². The molecule has 1 N–H and O–H groups in total. The second kappa shape index (κ2) is 6.41. The number of benzene rings is 1. The smallest absolute Gasteiger partial charge is 0.396 e. The Morgan fingerprint density at radius 1 is 1.45 bits per heavy atom. The zero-order valence-corrected chi connectivity index (χ0v) is 11.8. The summed E-state index contributed by atoms with van der Waals surface area (Å²) >= 11 is 0. The first-order valence-corrected chi connectivity index (χ1v) is 6.82. The van der Waals surface area contributed by atoms with Crippen LogP contribution in [0.1, 0.15) is 36.9 Å². The second-order valence-corrected chi connectivity index (χ2v) is 4.78. The molecular formula is C15H19NO4. The van der Waals surface area contributed by atoms with Crippen molar-refractivity contribution in [1.29, 1.82) is 0 Å². The molecule has 1 aromatic carbocycles. The van der Waals surface area contributed by atoms with Crippen LogP contribution in [-0.4, -0.2) is 25.1 Å². The molecular weight excluding hydrogens is 258 g/mol. The predicted molar refractivity (Wildman–Crippen MR) is 73.4 cm³/mol. The van der Waals surface area contributed by atoms with Crippen LogP contribution in [-0.2, 0) is 14.3 Å². The summed E-state index contributed by atoms with van der Waals surface area (Å²) in [6.07, 6.45) is 1.56. The normalized spacial score (nSPS) is 17.4. The first kappa shape index (κ1) is 14.4. The van der Waals surface area contributed by atoms with E-state index in [-0.39, 0.29) is 12.6 Å². The number of rotatable bonds is 2. The van der Waals surface area contributed by atoms with E-state index in [0.717, 1.165) is 29.7 Å². The van der Waals surface area contributed by atoms with Crippen molar-refractivity contribution in [3.8, 4) is 5.75 Å². The molecule has 20 heavy (non-hydrogen) atoms. The van der Waals surface area contributed by atoms with E-state index in [1.165, 1.54) is 0 Å². The van der Waals surface area contributed by atoms with Gasteiger partial charge in [0.1, 0.15) is 5.75 Å². The fourth-order valence-corrected chi connectivity index (χ4v) is 2.26. The van der Waals surface area contributed by atoms with E-state index in [4.69, 9.17) is 9.47 Å². The van der Waals surface area contributed by atoms with Gasteiger partial charge in [0.2, 0.25) is 0 Å². The van der Waals surface area contributed by atoms with E-state index in [9.17, 15) is 9.59 Å². The number of amides is 1. The molecule has 108 valence electrons. The van der Waals surface area contributed by atoms with Crippen LogP contribution in [0.2, 0.25) is 0 Å². The fourth-order valence-electron chi connectivity index (χ4n) is 2.26. The van der Waals surface area contributed by atoms with Gasteiger partial charge in [0.15, 0.2) is 0 Å². The number of carbonyl (C=O) groups is 2. The molecule has 1 aromatic rings. The Hall–Kier alpha value is -2.04. The topological polar surface area (TPSA) is 64.6 Å². The van der Waals surface area contributed by atoms with Gasteiger partial charge in [0.05, 0.1) is 19.3 Å². The van der Waals surface area contributed by atoms with Crippen LogP contribution in [0.4, 0.5) is 0 Å². The molecule has 0 fully saturated rings. The summed E-state index contributed by atoms with van der Waals surface area (Å²) in [5, 5.41) is 2.73. The third kappa shape index (κ3) is 3.29. The summed E-state index contributed by atoms with van der Waals surface area (Å²) in [7, 11) is 0. The first-order valence-electron chi connectivity index (χ1n) is 6.82. The Kier molecular flexibility index (Phi) is 4.61. The van der Waals surface area contributed by atoms with Gasteiger partial charge < -0.3 is 14.8 Å². The van der Waals surface area contributed by atoms with Crippen LogP contribution in [0.3, 0.4) is 0 Å². The van der Waals surface area contributed by atoms with Crippen molar-refractivity contribution in [3.05, 3.63) is 29.3 Å². The van der Waals surface area contributed by atoms with Gasteiger partial charge in [-0.15, -0.1) is 0 Å². The maximum Gasteiger partial charge on any atom is 0.396 e. The third-order valence-electron chi connectivity index (χ3n) is 3.20. The van der Waals surface area contributed by atoms with Crippen molar-refractivity contribution >= 4 is 11.9 Å². The molecule has 0 saturated heterocycles. The highest BCUT2D eigenvalue weighted by atomic mass is 16.5. The number of ether oxygens (including phenoxy) is 2. The van der Waals surface area contributed by atoms with Gasteiger partial charge in [-0.05, 0) is 32.8 Å². The van der Waals surface area contributed by atoms with Gasteiger partial charge >= 0.3 is 11.9 Å². The number of hydrogen-bond donors (Lipinski definition) is 1. The number of aryl methyl sites for hydroxylation is 1. The molecule has 5 heteroatoms. The molecule has 0 spiro atoms. The Balaban J connectivity index is 2.18. The number of hydrogen-bond acceptors (Lipinski definition) is 4. The lowest BCUT2D eigenvalue weighted by atomic mass is 10.00. The standard InChI is InChI=1S/C15H19NO4/c1-3-19-15(18)14(17)16-12-5-4-8-20-13-7-6-10(2)9-11(12)13/h6-7,9,12H,3-5,8H2,1-2H3,(H,16,17). The van der Waals surface area contributed by atoms with Gasteiger partial charge in [0, 0.05) is 5.56 Å². The minimum Gasteiger partial charge on any atom is -0.493 e. The summed E-state index contributed by atoms with van der Waals surface area (Å²) in [5.74, 6) is -0.777. The molecule has 1 atom stereocenters. The van der Waals surface area contributed by atoms with E-state index < -0.39 is 11.9 Å². The van der Waals surface area contributed by atoms with Crippen LogP contribution in [0.5, 0.6) is 5.75 Å². The number of carbonyl (C=O) groups excluding carboxylic acids is 2. The minimum atomic E-state index is -0.841.